The molecule has 11 heteroatoms. The van der Waals surface area contributed by atoms with Crippen LogP contribution in [0.1, 0.15) is 23.2 Å². The quantitative estimate of drug-likeness (QED) is 0.374. The Morgan fingerprint density at radius 2 is 1.89 bits per heavy atom. The Labute approximate surface area is 198 Å². The average molecular weight is 478 g/mol. The van der Waals surface area contributed by atoms with E-state index in [2.05, 4.69) is 30.3 Å². The number of aromatic amines is 1. The predicted octanol–water partition coefficient (Wildman–Crippen LogP) is 4.63. The van der Waals surface area contributed by atoms with Gasteiger partial charge in [-0.1, -0.05) is 0 Å². The number of nitrogens with one attached hydrogen (secondary N) is 1. The van der Waals surface area contributed by atoms with E-state index < -0.39 is 6.61 Å². The SMILES string of the molecule is O=C(c1cccnc1)N(c1ccc(-c2nn[nH]n2)cc1)c1ccc(OC(F)F)c(OCC2CC2)c1. The molecule has 0 radical (unpaired) electrons. The highest BCUT2D eigenvalue weighted by molar-refractivity contribution is 6.11. The van der Waals surface area contributed by atoms with E-state index in [4.69, 9.17) is 4.74 Å². The van der Waals surface area contributed by atoms with E-state index >= 15 is 0 Å². The van der Waals surface area contributed by atoms with Gasteiger partial charge in [-0.2, -0.15) is 14.0 Å². The number of benzene rings is 2. The van der Waals surface area contributed by atoms with Crippen molar-refractivity contribution in [2.24, 2.45) is 5.92 Å². The molecule has 2 aromatic carbocycles. The molecule has 1 saturated carbocycles. The molecule has 1 N–H and O–H groups in total. The van der Waals surface area contributed by atoms with Crippen molar-refractivity contribution >= 4 is 17.3 Å². The fraction of sp³-hybridized carbons (Fsp3) is 0.208. The lowest BCUT2D eigenvalue weighted by Crippen LogP contribution is -2.26. The predicted molar refractivity (Wildman–Crippen MR) is 122 cm³/mol. The van der Waals surface area contributed by atoms with Crippen LogP contribution in [0, 0.1) is 5.92 Å². The normalized spacial score (nSPS) is 13.0. The number of H-pyrrole nitrogens is 1. The second kappa shape index (κ2) is 9.84. The van der Waals surface area contributed by atoms with Crippen molar-refractivity contribution in [3.05, 3.63) is 72.6 Å². The molecule has 178 valence electrons. The number of hydrogen-bond donors (Lipinski definition) is 1. The first kappa shape index (κ1) is 22.4. The molecule has 0 bridgehead atoms. The van der Waals surface area contributed by atoms with Crippen LogP contribution in [0.15, 0.2) is 67.0 Å². The number of hydrogen-bond acceptors (Lipinski definition) is 7. The second-order valence-electron chi connectivity index (χ2n) is 7.93. The van der Waals surface area contributed by atoms with E-state index in [1.165, 1.54) is 29.3 Å². The zero-order valence-corrected chi connectivity index (χ0v) is 18.3. The fourth-order valence-electron chi connectivity index (χ4n) is 3.48. The molecule has 1 amide bonds. The van der Waals surface area contributed by atoms with Gasteiger partial charge in [-0.05, 0) is 72.5 Å². The first-order valence-electron chi connectivity index (χ1n) is 10.9. The molecule has 4 aromatic rings. The van der Waals surface area contributed by atoms with Crippen molar-refractivity contribution in [3.8, 4) is 22.9 Å². The highest BCUT2D eigenvalue weighted by Crippen LogP contribution is 2.38. The lowest BCUT2D eigenvalue weighted by molar-refractivity contribution is -0.0515. The highest BCUT2D eigenvalue weighted by atomic mass is 19.3. The molecule has 9 nitrogen and oxygen atoms in total. The van der Waals surface area contributed by atoms with Crippen LogP contribution in [-0.4, -0.2) is 44.7 Å². The molecule has 1 fully saturated rings. The van der Waals surface area contributed by atoms with Crippen LogP contribution >= 0.6 is 0 Å². The van der Waals surface area contributed by atoms with Crippen LogP contribution in [0.25, 0.3) is 11.4 Å². The molecule has 5 rings (SSSR count). The van der Waals surface area contributed by atoms with Gasteiger partial charge in [0, 0.05) is 29.7 Å². The largest absolute Gasteiger partial charge is 0.489 e. The van der Waals surface area contributed by atoms with Crippen LogP contribution in [-0.2, 0) is 0 Å². The molecule has 1 aliphatic carbocycles. The number of tetrazole rings is 1. The number of carbonyl (C=O) groups excluding carboxylic acids is 1. The molecule has 2 aromatic heterocycles. The number of anilines is 2. The van der Waals surface area contributed by atoms with Gasteiger partial charge in [-0.25, -0.2) is 0 Å². The molecule has 0 spiro atoms. The number of halogens is 2. The van der Waals surface area contributed by atoms with E-state index in [-0.39, 0.29) is 17.4 Å². The Balaban J connectivity index is 1.54. The molecular formula is C24H20F2N6O3. The van der Waals surface area contributed by atoms with Gasteiger partial charge in [0.1, 0.15) is 0 Å². The summed E-state index contributed by atoms with van der Waals surface area (Å²) in [6, 6.07) is 14.7. The second-order valence-corrected chi connectivity index (χ2v) is 7.93. The summed E-state index contributed by atoms with van der Waals surface area (Å²) in [5.41, 5.74) is 1.99. The number of alkyl halides is 2. The molecule has 0 atom stereocenters. The van der Waals surface area contributed by atoms with Gasteiger partial charge < -0.3 is 9.47 Å². The van der Waals surface area contributed by atoms with Crippen LogP contribution < -0.4 is 14.4 Å². The maximum atomic E-state index is 13.6. The molecule has 35 heavy (non-hydrogen) atoms. The van der Waals surface area contributed by atoms with Crippen LogP contribution in [0.3, 0.4) is 0 Å². The molecular weight excluding hydrogens is 458 g/mol. The van der Waals surface area contributed by atoms with E-state index in [1.807, 2.05) is 0 Å². The number of ether oxygens (including phenoxy) is 2. The molecule has 0 unspecified atom stereocenters. The summed E-state index contributed by atoms with van der Waals surface area (Å²) in [4.78, 5) is 19.1. The number of rotatable bonds is 9. The third-order valence-electron chi connectivity index (χ3n) is 5.41. The number of carbonyl (C=O) groups is 1. The van der Waals surface area contributed by atoms with E-state index in [0.717, 1.165) is 12.8 Å². The average Bonchev–Trinajstić information content (AvgIpc) is 3.55. The Hall–Kier alpha value is -4.41. The van der Waals surface area contributed by atoms with Crippen LogP contribution in [0.5, 0.6) is 11.5 Å². The van der Waals surface area contributed by atoms with E-state index in [1.54, 1.807) is 42.6 Å². The summed E-state index contributed by atoms with van der Waals surface area (Å²) in [5.74, 6) is 0.489. The topological polar surface area (TPSA) is 106 Å². The standard InChI is InChI=1S/C24H20F2N6O3/c25-24(26)35-20-10-9-19(12-21(20)34-14-15-3-4-15)32(23(33)17-2-1-11-27-13-17)18-7-5-16(6-8-18)22-28-30-31-29-22/h1-2,5-13,15,24H,3-4,14H2,(H,28,29,30,31). The Bertz CT molecular complexity index is 1280. The van der Waals surface area contributed by atoms with Crippen LogP contribution in [0.2, 0.25) is 0 Å². The Morgan fingerprint density at radius 3 is 2.54 bits per heavy atom. The summed E-state index contributed by atoms with van der Waals surface area (Å²) in [5, 5.41) is 13.9. The van der Waals surface area contributed by atoms with Crippen molar-refractivity contribution < 1.29 is 23.0 Å². The van der Waals surface area contributed by atoms with Gasteiger partial charge in [0.25, 0.3) is 5.91 Å². The molecule has 0 aliphatic heterocycles. The third-order valence-corrected chi connectivity index (χ3v) is 5.41. The van der Waals surface area contributed by atoms with Crippen molar-refractivity contribution in [3.63, 3.8) is 0 Å². The number of pyridine rings is 1. The van der Waals surface area contributed by atoms with Gasteiger partial charge in [0.15, 0.2) is 11.5 Å². The fourth-order valence-corrected chi connectivity index (χ4v) is 3.48. The summed E-state index contributed by atoms with van der Waals surface area (Å²) >= 11 is 0. The van der Waals surface area contributed by atoms with E-state index in [0.29, 0.717) is 40.9 Å². The molecule has 1 aliphatic rings. The maximum Gasteiger partial charge on any atom is 0.387 e. The first-order chi connectivity index (χ1) is 17.1. The molecule has 0 saturated heterocycles. The summed E-state index contributed by atoms with van der Waals surface area (Å²) < 4.78 is 36.4. The van der Waals surface area contributed by atoms with Crippen molar-refractivity contribution in [2.45, 2.75) is 19.5 Å². The zero-order chi connectivity index (χ0) is 24.2. The minimum Gasteiger partial charge on any atom is -0.489 e. The summed E-state index contributed by atoms with van der Waals surface area (Å²) in [7, 11) is 0. The Morgan fingerprint density at radius 1 is 1.09 bits per heavy atom. The van der Waals surface area contributed by atoms with Gasteiger partial charge >= 0.3 is 6.61 Å². The Kier molecular flexibility index (Phi) is 6.29. The van der Waals surface area contributed by atoms with Crippen molar-refractivity contribution in [1.29, 1.82) is 0 Å². The smallest absolute Gasteiger partial charge is 0.387 e. The minimum absolute atomic E-state index is 0.0920. The number of amides is 1. The lowest BCUT2D eigenvalue weighted by atomic mass is 10.1. The number of nitrogens with zero attached hydrogens (tertiary/aromatic N) is 5. The van der Waals surface area contributed by atoms with Crippen molar-refractivity contribution in [2.75, 3.05) is 11.5 Å². The highest BCUT2D eigenvalue weighted by Gasteiger charge is 2.25. The van der Waals surface area contributed by atoms with Crippen LogP contribution in [0.4, 0.5) is 20.2 Å². The van der Waals surface area contributed by atoms with Gasteiger partial charge in [0.2, 0.25) is 5.82 Å². The van der Waals surface area contributed by atoms with Gasteiger partial charge in [0.05, 0.1) is 17.9 Å². The van der Waals surface area contributed by atoms with E-state index in [9.17, 15) is 13.6 Å². The van der Waals surface area contributed by atoms with Crippen molar-refractivity contribution in [1.82, 2.24) is 25.6 Å². The summed E-state index contributed by atoms with van der Waals surface area (Å²) in [6.07, 6.45) is 5.09. The van der Waals surface area contributed by atoms with Gasteiger partial charge in [-0.15, -0.1) is 10.2 Å². The first-order valence-corrected chi connectivity index (χ1v) is 10.9. The van der Waals surface area contributed by atoms with Gasteiger partial charge in [-0.3, -0.25) is 14.7 Å². The molecule has 2 heterocycles. The lowest BCUT2D eigenvalue weighted by Gasteiger charge is -2.24. The summed E-state index contributed by atoms with van der Waals surface area (Å²) in [6.45, 7) is -2.62. The number of aromatic nitrogens is 5. The third kappa shape index (κ3) is 5.24. The monoisotopic (exact) mass is 478 g/mol. The zero-order valence-electron chi connectivity index (χ0n) is 18.3. The maximum absolute atomic E-state index is 13.6. The minimum atomic E-state index is -3.00.